The summed E-state index contributed by atoms with van der Waals surface area (Å²) < 4.78 is 8.13. The molecule has 0 N–H and O–H groups in total. The molecule has 164 valence electrons. The highest BCUT2D eigenvalue weighted by atomic mass is 16.5. The maximum absolute atomic E-state index is 13.0. The van der Waals surface area contributed by atoms with Crippen LogP contribution in [0.4, 0.5) is 5.82 Å². The molecule has 2 aliphatic heterocycles. The summed E-state index contributed by atoms with van der Waals surface area (Å²) in [5.41, 5.74) is 1.73. The third-order valence-corrected chi connectivity index (χ3v) is 6.58. The monoisotopic (exact) mass is 430 g/mol. The van der Waals surface area contributed by atoms with E-state index in [-0.39, 0.29) is 24.6 Å². The van der Waals surface area contributed by atoms with Crippen LogP contribution in [0, 0.1) is 11.3 Å². The topological polar surface area (TPSA) is 86.8 Å². The second-order valence-electron chi connectivity index (χ2n) is 8.97. The molecule has 0 radical (unpaired) electrons. The van der Waals surface area contributed by atoms with Crippen LogP contribution in [-0.2, 0) is 15.1 Å². The van der Waals surface area contributed by atoms with Gasteiger partial charge in [0.2, 0.25) is 5.91 Å². The van der Waals surface area contributed by atoms with E-state index >= 15 is 0 Å². The molecule has 0 aromatic carbocycles. The van der Waals surface area contributed by atoms with E-state index in [1.165, 1.54) is 0 Å². The molecule has 8 nitrogen and oxygen atoms in total. The first-order valence-corrected chi connectivity index (χ1v) is 10.9. The van der Waals surface area contributed by atoms with E-state index in [0.717, 1.165) is 30.0 Å². The Morgan fingerprint density at radius 1 is 1.19 bits per heavy atom. The van der Waals surface area contributed by atoms with Crippen molar-refractivity contribution in [3.63, 3.8) is 0 Å². The fraction of sp³-hybridized carbons (Fsp3) is 0.417. The number of pyridine rings is 2. The summed E-state index contributed by atoms with van der Waals surface area (Å²) in [5.74, 6) is 0.898. The molecule has 0 spiro atoms. The van der Waals surface area contributed by atoms with Crippen molar-refractivity contribution in [2.24, 2.45) is 0 Å². The summed E-state index contributed by atoms with van der Waals surface area (Å²) in [7, 11) is 0. The van der Waals surface area contributed by atoms with Crippen LogP contribution in [0.1, 0.15) is 37.9 Å². The summed E-state index contributed by atoms with van der Waals surface area (Å²) in [5, 5.41) is 9.01. The van der Waals surface area contributed by atoms with Crippen LogP contribution < -0.4 is 4.90 Å². The molecule has 0 saturated carbocycles. The highest BCUT2D eigenvalue weighted by Gasteiger charge is 2.42. The van der Waals surface area contributed by atoms with Gasteiger partial charge in [0.15, 0.2) is 0 Å². The Hall–Kier alpha value is -3.44. The van der Waals surface area contributed by atoms with E-state index in [1.807, 2.05) is 53.6 Å². The van der Waals surface area contributed by atoms with Crippen LogP contribution in [0.15, 0.2) is 48.9 Å². The lowest BCUT2D eigenvalue weighted by Gasteiger charge is -2.42. The molecule has 2 fully saturated rings. The van der Waals surface area contributed by atoms with Crippen LogP contribution in [0.3, 0.4) is 0 Å². The molecule has 5 heterocycles. The van der Waals surface area contributed by atoms with Crippen molar-refractivity contribution in [1.82, 2.24) is 19.3 Å². The molecule has 3 aromatic heterocycles. The van der Waals surface area contributed by atoms with Crippen molar-refractivity contribution in [1.29, 1.82) is 5.26 Å². The third-order valence-electron chi connectivity index (χ3n) is 6.58. The van der Waals surface area contributed by atoms with Crippen LogP contribution in [0.25, 0.3) is 5.65 Å². The minimum Gasteiger partial charge on any atom is -0.360 e. The van der Waals surface area contributed by atoms with Crippen molar-refractivity contribution in [2.45, 2.75) is 44.4 Å². The molecule has 2 saturated heterocycles. The highest BCUT2D eigenvalue weighted by Crippen LogP contribution is 2.34. The lowest BCUT2D eigenvalue weighted by Crippen LogP contribution is -2.56. The molecule has 1 amide bonds. The summed E-state index contributed by atoms with van der Waals surface area (Å²) >= 11 is 0. The number of imidazole rings is 1. The number of fused-ring (bicyclic) bond motifs is 3. The summed E-state index contributed by atoms with van der Waals surface area (Å²) in [6.45, 7) is 5.32. The van der Waals surface area contributed by atoms with Gasteiger partial charge in [-0.3, -0.25) is 4.79 Å². The molecule has 8 heteroatoms. The quantitative estimate of drug-likeness (QED) is 0.619. The van der Waals surface area contributed by atoms with Gasteiger partial charge in [-0.25, -0.2) is 9.97 Å². The second kappa shape index (κ2) is 7.92. The number of likely N-dealkylation sites (tertiary alicyclic amines) is 1. The van der Waals surface area contributed by atoms with Gasteiger partial charge in [-0.2, -0.15) is 5.26 Å². The number of carbonyl (C=O) groups excluding carboxylic acids is 1. The summed E-state index contributed by atoms with van der Waals surface area (Å²) in [4.78, 5) is 26.1. The van der Waals surface area contributed by atoms with E-state index in [0.29, 0.717) is 18.7 Å². The number of rotatable bonds is 5. The zero-order valence-electron chi connectivity index (χ0n) is 18.3. The van der Waals surface area contributed by atoms with Crippen molar-refractivity contribution in [2.75, 3.05) is 24.6 Å². The number of anilines is 1. The number of nitriles is 1. The first kappa shape index (κ1) is 20.5. The van der Waals surface area contributed by atoms with Gasteiger partial charge < -0.3 is 18.9 Å². The minimum absolute atomic E-state index is 0.0141. The van der Waals surface area contributed by atoms with E-state index in [2.05, 4.69) is 20.9 Å². The highest BCUT2D eigenvalue weighted by molar-refractivity contribution is 5.78. The van der Waals surface area contributed by atoms with Gasteiger partial charge in [0.1, 0.15) is 29.7 Å². The lowest BCUT2D eigenvalue weighted by molar-refractivity contribution is -0.143. The Morgan fingerprint density at radius 3 is 2.66 bits per heavy atom. The predicted molar refractivity (Wildman–Crippen MR) is 119 cm³/mol. The Bertz CT molecular complexity index is 1170. The number of piperazine rings is 1. The molecule has 32 heavy (non-hydrogen) atoms. The summed E-state index contributed by atoms with van der Waals surface area (Å²) in [6, 6.07) is 12.2. The lowest BCUT2D eigenvalue weighted by atomic mass is 10.0. The average molecular weight is 431 g/mol. The van der Waals surface area contributed by atoms with Crippen molar-refractivity contribution >= 4 is 17.4 Å². The smallest absolute Gasteiger partial charge is 0.248 e. The maximum Gasteiger partial charge on any atom is 0.248 e. The molecule has 2 bridgehead atoms. The molecule has 0 aliphatic carbocycles. The molecule has 2 aliphatic rings. The van der Waals surface area contributed by atoms with Gasteiger partial charge >= 0.3 is 0 Å². The van der Waals surface area contributed by atoms with Gasteiger partial charge in [0, 0.05) is 43.8 Å². The Kier molecular flexibility index (Phi) is 5.06. The normalized spacial score (nSPS) is 20.5. The molecule has 5 rings (SSSR count). The van der Waals surface area contributed by atoms with E-state index < -0.39 is 5.60 Å². The average Bonchev–Trinajstić information content (AvgIpc) is 3.39. The maximum atomic E-state index is 13.0. The Balaban J connectivity index is 1.24. The number of nitrogens with zero attached hydrogens (tertiary/aromatic N) is 6. The SMILES string of the molecule is CC(C)(OCC(=O)N1CC2CC[C@@H](C1)N2c1ccc(C#N)cn1)c1cccc2nccn12. The van der Waals surface area contributed by atoms with Crippen LogP contribution in [0.5, 0.6) is 0 Å². The van der Waals surface area contributed by atoms with Crippen molar-refractivity contribution in [3.05, 3.63) is 60.2 Å². The van der Waals surface area contributed by atoms with Gasteiger partial charge in [-0.1, -0.05) is 6.07 Å². The van der Waals surface area contributed by atoms with Crippen LogP contribution in [-0.4, -0.2) is 57.0 Å². The third kappa shape index (κ3) is 3.59. The summed E-state index contributed by atoms with van der Waals surface area (Å²) in [6.07, 6.45) is 7.35. The number of hydrogen-bond acceptors (Lipinski definition) is 6. The minimum atomic E-state index is -0.636. The second-order valence-corrected chi connectivity index (χ2v) is 8.97. The van der Waals surface area contributed by atoms with Crippen LogP contribution in [0.2, 0.25) is 0 Å². The van der Waals surface area contributed by atoms with Gasteiger partial charge in [-0.15, -0.1) is 0 Å². The van der Waals surface area contributed by atoms with Gasteiger partial charge in [0.05, 0.1) is 11.3 Å². The van der Waals surface area contributed by atoms with E-state index in [4.69, 9.17) is 10.00 Å². The predicted octanol–water partition coefficient (Wildman–Crippen LogP) is 2.73. The number of aromatic nitrogens is 3. The van der Waals surface area contributed by atoms with E-state index in [9.17, 15) is 4.79 Å². The molecular formula is C24H26N6O2. The Labute approximate surface area is 187 Å². The van der Waals surface area contributed by atoms with E-state index in [1.54, 1.807) is 18.5 Å². The van der Waals surface area contributed by atoms with Crippen LogP contribution >= 0.6 is 0 Å². The first-order valence-electron chi connectivity index (χ1n) is 10.9. The number of hydrogen-bond donors (Lipinski definition) is 0. The molecule has 3 aromatic rings. The standard InChI is InChI=1S/C24H26N6O2/c1-24(2,20-4-3-5-21-26-10-11-29(20)21)32-16-23(31)28-14-18-7-8-19(15-28)30(18)22-9-6-17(12-25)13-27-22/h3-6,9-11,13,18-19H,7-8,14-16H2,1-2H3/t18-,19?/m0/s1. The zero-order valence-corrected chi connectivity index (χ0v) is 18.3. The van der Waals surface area contributed by atoms with Gasteiger partial charge in [0.25, 0.3) is 0 Å². The fourth-order valence-electron chi connectivity index (χ4n) is 4.93. The molecule has 1 unspecified atom stereocenters. The first-order chi connectivity index (χ1) is 15.5. The van der Waals surface area contributed by atoms with Gasteiger partial charge in [-0.05, 0) is 51.0 Å². The number of ether oxygens (including phenoxy) is 1. The number of amides is 1. The zero-order chi connectivity index (χ0) is 22.3. The van der Waals surface area contributed by atoms with Crippen molar-refractivity contribution in [3.8, 4) is 6.07 Å². The Morgan fingerprint density at radius 2 is 1.97 bits per heavy atom. The number of carbonyl (C=O) groups is 1. The molecule has 2 atom stereocenters. The largest absolute Gasteiger partial charge is 0.360 e. The van der Waals surface area contributed by atoms with Crippen molar-refractivity contribution < 1.29 is 9.53 Å². The molecular weight excluding hydrogens is 404 g/mol. The fourth-order valence-corrected chi connectivity index (χ4v) is 4.93.